The molecule has 1 aromatic carbocycles. The SMILES string of the molecule is Cc1cc(N)ccc1NC(=O)C1CC2CCC1C2. The molecule has 3 rings (SSSR count). The number of nitrogens with one attached hydrogen (secondary N) is 1. The summed E-state index contributed by atoms with van der Waals surface area (Å²) >= 11 is 0. The minimum atomic E-state index is 0.204. The Morgan fingerprint density at radius 1 is 1.33 bits per heavy atom. The Bertz CT molecular complexity index is 483. The third kappa shape index (κ3) is 1.98. The molecule has 2 saturated carbocycles. The minimum Gasteiger partial charge on any atom is -0.399 e. The van der Waals surface area contributed by atoms with Crippen molar-refractivity contribution < 1.29 is 4.79 Å². The van der Waals surface area contributed by atoms with Gasteiger partial charge in [0.05, 0.1) is 0 Å². The van der Waals surface area contributed by atoms with Crippen molar-refractivity contribution in [2.45, 2.75) is 32.6 Å². The maximum absolute atomic E-state index is 12.3. The molecule has 3 N–H and O–H groups in total. The third-order valence-electron chi connectivity index (χ3n) is 4.58. The van der Waals surface area contributed by atoms with Crippen molar-refractivity contribution in [3.8, 4) is 0 Å². The van der Waals surface area contributed by atoms with E-state index in [-0.39, 0.29) is 11.8 Å². The number of nitrogens with two attached hydrogens (primary N) is 1. The van der Waals surface area contributed by atoms with Crippen molar-refractivity contribution >= 4 is 17.3 Å². The van der Waals surface area contributed by atoms with E-state index >= 15 is 0 Å². The van der Waals surface area contributed by atoms with Crippen LogP contribution in [0.15, 0.2) is 18.2 Å². The number of aryl methyl sites for hydroxylation is 1. The van der Waals surface area contributed by atoms with E-state index in [0.717, 1.165) is 29.3 Å². The molecule has 2 aliphatic carbocycles. The highest BCUT2D eigenvalue weighted by Crippen LogP contribution is 2.48. The van der Waals surface area contributed by atoms with E-state index < -0.39 is 0 Å². The summed E-state index contributed by atoms with van der Waals surface area (Å²) in [5, 5.41) is 3.07. The second-order valence-corrected chi connectivity index (χ2v) is 5.84. The summed E-state index contributed by atoms with van der Waals surface area (Å²) in [7, 11) is 0. The van der Waals surface area contributed by atoms with E-state index in [1.54, 1.807) is 0 Å². The predicted molar refractivity (Wildman–Crippen MR) is 73.2 cm³/mol. The molecule has 0 saturated heterocycles. The first-order valence-electron chi connectivity index (χ1n) is 6.80. The highest BCUT2D eigenvalue weighted by Gasteiger charge is 2.43. The smallest absolute Gasteiger partial charge is 0.227 e. The lowest BCUT2D eigenvalue weighted by Gasteiger charge is -2.21. The van der Waals surface area contributed by atoms with Gasteiger partial charge in [-0.05, 0) is 61.8 Å². The van der Waals surface area contributed by atoms with Crippen LogP contribution in [0.25, 0.3) is 0 Å². The lowest BCUT2D eigenvalue weighted by Crippen LogP contribution is -2.27. The molecule has 2 fully saturated rings. The Labute approximate surface area is 108 Å². The van der Waals surface area contributed by atoms with Gasteiger partial charge in [-0.2, -0.15) is 0 Å². The number of amides is 1. The molecule has 0 heterocycles. The second kappa shape index (κ2) is 4.30. The molecule has 0 radical (unpaired) electrons. The average Bonchev–Trinajstić information content (AvgIpc) is 2.94. The van der Waals surface area contributed by atoms with Gasteiger partial charge in [0.25, 0.3) is 0 Å². The number of carbonyl (C=O) groups is 1. The first kappa shape index (κ1) is 11.6. The zero-order chi connectivity index (χ0) is 12.7. The van der Waals surface area contributed by atoms with Gasteiger partial charge in [0.15, 0.2) is 0 Å². The molecular weight excluding hydrogens is 224 g/mol. The topological polar surface area (TPSA) is 55.1 Å². The molecule has 18 heavy (non-hydrogen) atoms. The highest BCUT2D eigenvalue weighted by molar-refractivity contribution is 5.94. The number of nitrogen functional groups attached to an aromatic ring is 1. The summed E-state index contributed by atoms with van der Waals surface area (Å²) in [6.45, 7) is 1.98. The molecule has 1 aromatic rings. The number of hydrogen-bond donors (Lipinski definition) is 2. The number of benzene rings is 1. The lowest BCUT2D eigenvalue weighted by molar-refractivity contribution is -0.121. The molecule has 3 unspecified atom stereocenters. The first-order chi connectivity index (χ1) is 8.63. The van der Waals surface area contributed by atoms with Crippen LogP contribution in [-0.4, -0.2) is 5.91 Å². The van der Waals surface area contributed by atoms with E-state index in [1.807, 2.05) is 25.1 Å². The highest BCUT2D eigenvalue weighted by atomic mass is 16.1. The fraction of sp³-hybridized carbons (Fsp3) is 0.533. The Morgan fingerprint density at radius 3 is 2.78 bits per heavy atom. The van der Waals surface area contributed by atoms with Crippen molar-refractivity contribution in [2.24, 2.45) is 17.8 Å². The Morgan fingerprint density at radius 2 is 2.17 bits per heavy atom. The summed E-state index contributed by atoms with van der Waals surface area (Å²) < 4.78 is 0. The normalized spacial score (nSPS) is 29.5. The average molecular weight is 244 g/mol. The molecule has 2 bridgehead atoms. The van der Waals surface area contributed by atoms with Crippen molar-refractivity contribution in [1.82, 2.24) is 0 Å². The molecule has 96 valence electrons. The van der Waals surface area contributed by atoms with Crippen LogP contribution < -0.4 is 11.1 Å². The minimum absolute atomic E-state index is 0.204. The number of hydrogen-bond acceptors (Lipinski definition) is 2. The zero-order valence-electron chi connectivity index (χ0n) is 10.8. The Balaban J connectivity index is 1.71. The van der Waals surface area contributed by atoms with Crippen molar-refractivity contribution in [1.29, 1.82) is 0 Å². The molecule has 3 atom stereocenters. The molecule has 0 spiro atoms. The maximum atomic E-state index is 12.3. The van der Waals surface area contributed by atoms with Crippen LogP contribution in [-0.2, 0) is 4.79 Å². The summed E-state index contributed by atoms with van der Waals surface area (Å²) in [5.74, 6) is 1.87. The molecule has 0 aromatic heterocycles. The second-order valence-electron chi connectivity index (χ2n) is 5.84. The van der Waals surface area contributed by atoms with Crippen LogP contribution in [0.5, 0.6) is 0 Å². The molecule has 0 aliphatic heterocycles. The summed E-state index contributed by atoms with van der Waals surface area (Å²) in [6.07, 6.45) is 4.92. The fourth-order valence-corrected chi connectivity index (χ4v) is 3.62. The van der Waals surface area contributed by atoms with Gasteiger partial charge in [0.1, 0.15) is 0 Å². The summed E-state index contributed by atoms with van der Waals surface area (Å²) in [6, 6.07) is 5.63. The van der Waals surface area contributed by atoms with Crippen molar-refractivity contribution in [3.63, 3.8) is 0 Å². The monoisotopic (exact) mass is 244 g/mol. The van der Waals surface area contributed by atoms with Crippen LogP contribution >= 0.6 is 0 Å². The van der Waals surface area contributed by atoms with Gasteiger partial charge in [-0.1, -0.05) is 6.42 Å². The third-order valence-corrected chi connectivity index (χ3v) is 4.58. The lowest BCUT2D eigenvalue weighted by atomic mass is 9.88. The molecule has 2 aliphatic rings. The molecule has 3 heteroatoms. The van der Waals surface area contributed by atoms with Crippen LogP contribution in [0.2, 0.25) is 0 Å². The summed E-state index contributed by atoms with van der Waals surface area (Å²) in [4.78, 5) is 12.3. The number of carbonyl (C=O) groups excluding carboxylic acids is 1. The van der Waals surface area contributed by atoms with Crippen molar-refractivity contribution in [2.75, 3.05) is 11.1 Å². The first-order valence-corrected chi connectivity index (χ1v) is 6.80. The number of rotatable bonds is 2. The van der Waals surface area contributed by atoms with Gasteiger partial charge in [-0.15, -0.1) is 0 Å². The van der Waals surface area contributed by atoms with Crippen LogP contribution in [0.4, 0.5) is 11.4 Å². The van der Waals surface area contributed by atoms with E-state index in [0.29, 0.717) is 5.92 Å². The van der Waals surface area contributed by atoms with E-state index in [9.17, 15) is 4.79 Å². The van der Waals surface area contributed by atoms with Gasteiger partial charge in [0, 0.05) is 17.3 Å². The van der Waals surface area contributed by atoms with Crippen LogP contribution in [0.1, 0.15) is 31.2 Å². The fourth-order valence-electron chi connectivity index (χ4n) is 3.62. The van der Waals surface area contributed by atoms with Gasteiger partial charge >= 0.3 is 0 Å². The largest absolute Gasteiger partial charge is 0.399 e. The number of fused-ring (bicyclic) bond motifs is 2. The van der Waals surface area contributed by atoms with Crippen LogP contribution in [0.3, 0.4) is 0 Å². The summed E-state index contributed by atoms with van der Waals surface area (Å²) in [5.41, 5.74) is 8.39. The maximum Gasteiger partial charge on any atom is 0.227 e. The zero-order valence-corrected chi connectivity index (χ0v) is 10.8. The molecular formula is C15H20N2O. The van der Waals surface area contributed by atoms with Gasteiger partial charge in [-0.3, -0.25) is 4.79 Å². The van der Waals surface area contributed by atoms with E-state index in [2.05, 4.69) is 5.32 Å². The standard InChI is InChI=1S/C15H20N2O/c1-9-6-12(16)4-5-14(9)17-15(18)13-8-10-2-3-11(13)7-10/h4-6,10-11,13H,2-3,7-8,16H2,1H3,(H,17,18). The van der Waals surface area contributed by atoms with Gasteiger partial charge in [-0.25, -0.2) is 0 Å². The Kier molecular flexibility index (Phi) is 2.77. The van der Waals surface area contributed by atoms with Crippen molar-refractivity contribution in [3.05, 3.63) is 23.8 Å². The molecule has 1 amide bonds. The van der Waals surface area contributed by atoms with E-state index in [4.69, 9.17) is 5.73 Å². The Hall–Kier alpha value is -1.51. The van der Waals surface area contributed by atoms with Gasteiger partial charge in [0.2, 0.25) is 5.91 Å². The predicted octanol–water partition coefficient (Wildman–Crippen LogP) is 2.95. The number of anilines is 2. The van der Waals surface area contributed by atoms with Gasteiger partial charge < -0.3 is 11.1 Å². The quantitative estimate of drug-likeness (QED) is 0.786. The van der Waals surface area contributed by atoms with Crippen LogP contribution in [0, 0.1) is 24.7 Å². The van der Waals surface area contributed by atoms with E-state index in [1.165, 1.54) is 19.3 Å². The molecule has 3 nitrogen and oxygen atoms in total.